The molecule has 134 valence electrons. The zero-order valence-electron chi connectivity index (χ0n) is 14.2. The third kappa shape index (κ3) is 5.05. The lowest BCUT2D eigenvalue weighted by atomic mass is 9.90. The van der Waals surface area contributed by atoms with Crippen LogP contribution in [0.4, 0.5) is 13.2 Å². The van der Waals surface area contributed by atoms with E-state index in [0.29, 0.717) is 17.9 Å². The predicted molar refractivity (Wildman–Crippen MR) is 92.0 cm³/mol. The molecule has 25 heavy (non-hydrogen) atoms. The first-order valence-corrected chi connectivity index (χ1v) is 8.79. The summed E-state index contributed by atoms with van der Waals surface area (Å²) in [6, 6.07) is 9.95. The van der Waals surface area contributed by atoms with Gasteiger partial charge in [0.25, 0.3) is 0 Å². The Bertz CT molecular complexity index is 670. The Balaban J connectivity index is 1.57. The molecule has 1 aliphatic rings. The van der Waals surface area contributed by atoms with E-state index in [-0.39, 0.29) is 0 Å². The van der Waals surface area contributed by atoms with Crippen LogP contribution in [-0.4, -0.2) is 23.0 Å². The lowest BCUT2D eigenvalue weighted by molar-refractivity contribution is -0.138. The molecule has 0 radical (unpaired) electrons. The number of benzene rings is 1. The Morgan fingerprint density at radius 1 is 1.12 bits per heavy atom. The SMILES string of the molecule is FC(F)(F)c1ccccc1CC[C@@H]1CCCN(Cc2cccnc2)C1. The monoisotopic (exact) mass is 348 g/mol. The Kier molecular flexibility index (Phi) is 5.74. The minimum absolute atomic E-state index is 0.416. The van der Waals surface area contributed by atoms with Gasteiger partial charge in [-0.2, -0.15) is 13.2 Å². The van der Waals surface area contributed by atoms with E-state index in [1.165, 1.54) is 17.7 Å². The summed E-state index contributed by atoms with van der Waals surface area (Å²) in [6.07, 6.45) is 2.86. The molecule has 2 aromatic rings. The van der Waals surface area contributed by atoms with E-state index < -0.39 is 11.7 Å². The standard InChI is InChI=1S/C20H23F3N2/c21-20(22,23)19-8-2-1-7-18(19)10-9-16-6-4-12-25(14-16)15-17-5-3-11-24-13-17/h1-3,5,7-8,11,13,16H,4,6,9-10,12,14-15H2/t16-/m0/s1. The van der Waals surface area contributed by atoms with Gasteiger partial charge in [0.2, 0.25) is 0 Å². The molecule has 1 aromatic heterocycles. The summed E-state index contributed by atoms with van der Waals surface area (Å²) in [5.74, 6) is 0.451. The highest BCUT2D eigenvalue weighted by Crippen LogP contribution is 2.33. The van der Waals surface area contributed by atoms with Gasteiger partial charge in [0.1, 0.15) is 0 Å². The largest absolute Gasteiger partial charge is 0.416 e. The van der Waals surface area contributed by atoms with Crippen molar-refractivity contribution in [3.8, 4) is 0 Å². The van der Waals surface area contributed by atoms with Gasteiger partial charge in [-0.05, 0) is 61.4 Å². The summed E-state index contributed by atoms with van der Waals surface area (Å²) >= 11 is 0. The Morgan fingerprint density at radius 3 is 2.72 bits per heavy atom. The predicted octanol–water partition coefficient (Wildman–Crippen LogP) is 4.95. The van der Waals surface area contributed by atoms with Crippen LogP contribution in [0.25, 0.3) is 0 Å². The maximum atomic E-state index is 13.1. The van der Waals surface area contributed by atoms with Crippen LogP contribution in [0.2, 0.25) is 0 Å². The molecule has 0 unspecified atom stereocenters. The molecule has 0 N–H and O–H groups in total. The first kappa shape index (κ1) is 17.9. The number of pyridine rings is 1. The van der Waals surface area contributed by atoms with Crippen LogP contribution in [0.5, 0.6) is 0 Å². The zero-order chi connectivity index (χ0) is 17.7. The molecule has 1 aliphatic heterocycles. The van der Waals surface area contributed by atoms with Crippen LogP contribution in [-0.2, 0) is 19.1 Å². The van der Waals surface area contributed by atoms with E-state index >= 15 is 0 Å². The second-order valence-corrected chi connectivity index (χ2v) is 6.80. The average Bonchev–Trinajstić information content (AvgIpc) is 2.61. The molecule has 1 fully saturated rings. The third-order valence-corrected chi connectivity index (χ3v) is 4.88. The molecular formula is C20H23F3N2. The van der Waals surface area contributed by atoms with Gasteiger partial charge in [-0.15, -0.1) is 0 Å². The Morgan fingerprint density at radius 2 is 1.96 bits per heavy atom. The molecular weight excluding hydrogens is 325 g/mol. The fraction of sp³-hybridized carbons (Fsp3) is 0.450. The number of rotatable bonds is 5. The van der Waals surface area contributed by atoms with E-state index in [2.05, 4.69) is 16.0 Å². The second-order valence-electron chi connectivity index (χ2n) is 6.80. The van der Waals surface area contributed by atoms with Crippen LogP contribution in [0, 0.1) is 5.92 Å². The first-order valence-electron chi connectivity index (χ1n) is 8.79. The molecule has 0 saturated carbocycles. The van der Waals surface area contributed by atoms with Crippen molar-refractivity contribution in [2.45, 2.75) is 38.4 Å². The van der Waals surface area contributed by atoms with Crippen molar-refractivity contribution < 1.29 is 13.2 Å². The van der Waals surface area contributed by atoms with Gasteiger partial charge in [-0.3, -0.25) is 9.88 Å². The smallest absolute Gasteiger partial charge is 0.299 e. The third-order valence-electron chi connectivity index (χ3n) is 4.88. The van der Waals surface area contributed by atoms with Crippen molar-refractivity contribution in [1.82, 2.24) is 9.88 Å². The summed E-state index contributed by atoms with van der Waals surface area (Å²) in [5.41, 5.74) is 1.11. The highest BCUT2D eigenvalue weighted by molar-refractivity contribution is 5.29. The van der Waals surface area contributed by atoms with Crippen molar-refractivity contribution in [1.29, 1.82) is 0 Å². The van der Waals surface area contributed by atoms with Crippen molar-refractivity contribution in [3.63, 3.8) is 0 Å². The second kappa shape index (κ2) is 8.00. The number of alkyl halides is 3. The van der Waals surface area contributed by atoms with Gasteiger partial charge >= 0.3 is 6.18 Å². The highest BCUT2D eigenvalue weighted by Gasteiger charge is 2.33. The van der Waals surface area contributed by atoms with Crippen molar-refractivity contribution in [3.05, 3.63) is 65.5 Å². The average molecular weight is 348 g/mol. The molecule has 3 rings (SSSR count). The van der Waals surface area contributed by atoms with Crippen LogP contribution in [0.3, 0.4) is 0 Å². The number of aromatic nitrogens is 1. The van der Waals surface area contributed by atoms with E-state index in [1.807, 2.05) is 12.3 Å². The number of aryl methyl sites for hydroxylation is 1. The lowest BCUT2D eigenvalue weighted by Crippen LogP contribution is -2.35. The molecule has 1 atom stereocenters. The van der Waals surface area contributed by atoms with Crippen LogP contribution < -0.4 is 0 Å². The molecule has 1 saturated heterocycles. The first-order chi connectivity index (χ1) is 12.0. The van der Waals surface area contributed by atoms with Crippen LogP contribution >= 0.6 is 0 Å². The van der Waals surface area contributed by atoms with Crippen LogP contribution in [0.15, 0.2) is 48.8 Å². The number of nitrogens with zero attached hydrogens (tertiary/aromatic N) is 2. The fourth-order valence-electron chi connectivity index (χ4n) is 3.65. The number of piperidine rings is 1. The number of hydrogen-bond donors (Lipinski definition) is 0. The zero-order valence-corrected chi connectivity index (χ0v) is 14.2. The van der Waals surface area contributed by atoms with Crippen LogP contribution in [0.1, 0.15) is 36.0 Å². The molecule has 0 aliphatic carbocycles. The maximum Gasteiger partial charge on any atom is 0.416 e. The molecule has 0 amide bonds. The summed E-state index contributed by atoms with van der Waals surface area (Å²) < 4.78 is 39.3. The summed E-state index contributed by atoms with van der Waals surface area (Å²) in [4.78, 5) is 6.53. The minimum atomic E-state index is -4.27. The Hall–Kier alpha value is -1.88. The van der Waals surface area contributed by atoms with Crippen molar-refractivity contribution in [2.24, 2.45) is 5.92 Å². The Labute approximate surface area is 146 Å². The quantitative estimate of drug-likeness (QED) is 0.760. The maximum absolute atomic E-state index is 13.1. The van der Waals surface area contributed by atoms with Crippen molar-refractivity contribution >= 4 is 0 Å². The molecule has 1 aromatic carbocycles. The summed E-state index contributed by atoms with van der Waals surface area (Å²) in [5, 5.41) is 0. The highest BCUT2D eigenvalue weighted by atomic mass is 19.4. The number of halogens is 3. The lowest BCUT2D eigenvalue weighted by Gasteiger charge is -2.33. The van der Waals surface area contributed by atoms with Gasteiger partial charge in [-0.25, -0.2) is 0 Å². The van der Waals surface area contributed by atoms with Gasteiger partial charge in [-0.1, -0.05) is 24.3 Å². The van der Waals surface area contributed by atoms with E-state index in [4.69, 9.17) is 0 Å². The molecule has 0 spiro atoms. The topological polar surface area (TPSA) is 16.1 Å². The van der Waals surface area contributed by atoms with E-state index in [1.54, 1.807) is 18.3 Å². The number of likely N-dealkylation sites (tertiary alicyclic amines) is 1. The van der Waals surface area contributed by atoms with Gasteiger partial charge in [0.15, 0.2) is 0 Å². The van der Waals surface area contributed by atoms with Gasteiger partial charge < -0.3 is 0 Å². The van der Waals surface area contributed by atoms with E-state index in [9.17, 15) is 13.2 Å². The molecule has 2 nitrogen and oxygen atoms in total. The normalized spacial score (nSPS) is 19.1. The summed E-state index contributed by atoms with van der Waals surface area (Å²) in [7, 11) is 0. The number of hydrogen-bond acceptors (Lipinski definition) is 2. The minimum Gasteiger partial charge on any atom is -0.299 e. The van der Waals surface area contributed by atoms with Gasteiger partial charge in [0, 0.05) is 25.5 Å². The van der Waals surface area contributed by atoms with Crippen molar-refractivity contribution in [2.75, 3.05) is 13.1 Å². The van der Waals surface area contributed by atoms with E-state index in [0.717, 1.165) is 38.9 Å². The molecule has 5 heteroatoms. The molecule has 0 bridgehead atoms. The van der Waals surface area contributed by atoms with Gasteiger partial charge in [0.05, 0.1) is 5.56 Å². The molecule has 2 heterocycles. The summed E-state index contributed by atoms with van der Waals surface area (Å²) in [6.45, 7) is 2.86. The fourth-order valence-corrected chi connectivity index (χ4v) is 3.65.